The van der Waals surface area contributed by atoms with Gasteiger partial charge in [0.2, 0.25) is 0 Å². The van der Waals surface area contributed by atoms with Crippen LogP contribution in [0.4, 0.5) is 18.0 Å². The highest BCUT2D eigenvalue weighted by Crippen LogP contribution is 2.15. The molecule has 1 amide bonds. The summed E-state index contributed by atoms with van der Waals surface area (Å²) in [6.45, 7) is 0.371. The van der Waals surface area contributed by atoms with Crippen molar-refractivity contribution in [3.63, 3.8) is 0 Å². The number of ether oxygens (including phenoxy) is 1. The Balaban J connectivity index is 2.47. The largest absolute Gasteiger partial charge is 0.467 e. The van der Waals surface area contributed by atoms with Gasteiger partial charge in [-0.1, -0.05) is 0 Å². The number of furan rings is 1. The molecular weight excluding hydrogens is 239 g/mol. The van der Waals surface area contributed by atoms with E-state index >= 15 is 0 Å². The molecule has 0 bridgehead atoms. The Morgan fingerprint density at radius 2 is 2.24 bits per heavy atom. The maximum absolute atomic E-state index is 11.8. The average Bonchev–Trinajstić information content (AvgIpc) is 2.74. The minimum atomic E-state index is -4.51. The number of alkyl halides is 3. The molecule has 4 nitrogen and oxygen atoms in total. The van der Waals surface area contributed by atoms with Crippen LogP contribution in [0.1, 0.15) is 12.7 Å². The molecule has 0 spiro atoms. The normalized spacial score (nSPS) is 11.3. The van der Waals surface area contributed by atoms with Crippen LogP contribution in [0.25, 0.3) is 0 Å². The fraction of sp³-hybridized carbons (Fsp3) is 0.500. The van der Waals surface area contributed by atoms with Crippen LogP contribution in [-0.4, -0.2) is 30.3 Å². The van der Waals surface area contributed by atoms with Crippen molar-refractivity contribution in [3.8, 4) is 0 Å². The van der Waals surface area contributed by atoms with Crippen molar-refractivity contribution >= 4 is 6.09 Å². The number of amides is 1. The second kappa shape index (κ2) is 5.60. The van der Waals surface area contributed by atoms with E-state index in [0.717, 1.165) is 4.90 Å². The topological polar surface area (TPSA) is 42.7 Å². The van der Waals surface area contributed by atoms with E-state index in [2.05, 4.69) is 4.74 Å². The SMILES string of the molecule is CCN(Cc1ccco1)C(=O)OCC(F)(F)F. The molecule has 0 aliphatic carbocycles. The van der Waals surface area contributed by atoms with Crippen molar-refractivity contribution < 1.29 is 27.1 Å². The Hall–Kier alpha value is -1.66. The lowest BCUT2D eigenvalue weighted by Crippen LogP contribution is -2.33. The molecule has 0 aromatic carbocycles. The molecule has 0 aliphatic heterocycles. The van der Waals surface area contributed by atoms with E-state index in [1.165, 1.54) is 6.26 Å². The Bertz CT molecular complexity index is 348. The zero-order valence-corrected chi connectivity index (χ0v) is 9.16. The van der Waals surface area contributed by atoms with Gasteiger partial charge in [-0.25, -0.2) is 4.79 Å². The zero-order chi connectivity index (χ0) is 12.9. The third-order valence-electron chi connectivity index (χ3n) is 1.93. The lowest BCUT2D eigenvalue weighted by molar-refractivity contribution is -0.162. The molecule has 1 aromatic heterocycles. The van der Waals surface area contributed by atoms with Crippen LogP contribution in [0, 0.1) is 0 Å². The van der Waals surface area contributed by atoms with Crippen LogP contribution in [0.2, 0.25) is 0 Å². The second-order valence-corrected chi connectivity index (χ2v) is 3.26. The van der Waals surface area contributed by atoms with Crippen molar-refractivity contribution in [2.24, 2.45) is 0 Å². The molecule has 1 heterocycles. The fourth-order valence-corrected chi connectivity index (χ4v) is 1.13. The van der Waals surface area contributed by atoms with Gasteiger partial charge >= 0.3 is 12.3 Å². The highest BCUT2D eigenvalue weighted by molar-refractivity contribution is 5.67. The minimum Gasteiger partial charge on any atom is -0.467 e. The standard InChI is InChI=1S/C10H12F3NO3/c1-2-14(6-8-4-3-5-16-8)9(15)17-7-10(11,12)13/h3-5H,2,6-7H2,1H3. The summed E-state index contributed by atoms with van der Waals surface area (Å²) in [5.41, 5.74) is 0. The zero-order valence-electron chi connectivity index (χ0n) is 9.16. The first kappa shape index (κ1) is 13.4. The Kier molecular flexibility index (Phi) is 4.42. The quantitative estimate of drug-likeness (QED) is 0.826. The lowest BCUT2D eigenvalue weighted by atomic mass is 10.4. The van der Waals surface area contributed by atoms with Crippen LogP contribution in [0.5, 0.6) is 0 Å². The molecule has 96 valence electrons. The summed E-state index contributed by atoms with van der Waals surface area (Å²) in [7, 11) is 0. The third-order valence-corrected chi connectivity index (χ3v) is 1.93. The van der Waals surface area contributed by atoms with Gasteiger partial charge in [-0.3, -0.25) is 0 Å². The molecule has 0 aliphatic rings. The molecule has 1 rings (SSSR count). The summed E-state index contributed by atoms with van der Waals surface area (Å²) in [5, 5.41) is 0. The number of halogens is 3. The van der Waals surface area contributed by atoms with Crippen LogP contribution in [0.15, 0.2) is 22.8 Å². The number of carbonyl (C=O) groups is 1. The average molecular weight is 251 g/mol. The monoisotopic (exact) mass is 251 g/mol. The molecule has 1 aromatic rings. The van der Waals surface area contributed by atoms with Gasteiger partial charge in [0, 0.05) is 6.54 Å². The summed E-state index contributed by atoms with van der Waals surface area (Å²) >= 11 is 0. The van der Waals surface area contributed by atoms with Gasteiger partial charge in [0.05, 0.1) is 12.8 Å². The first-order chi connectivity index (χ1) is 7.92. The molecule has 0 fully saturated rings. The number of hydrogen-bond acceptors (Lipinski definition) is 3. The van der Waals surface area contributed by atoms with Gasteiger partial charge in [-0.15, -0.1) is 0 Å². The number of hydrogen-bond donors (Lipinski definition) is 0. The van der Waals surface area contributed by atoms with Gasteiger partial charge in [-0.2, -0.15) is 13.2 Å². The summed E-state index contributed by atoms with van der Waals surface area (Å²) in [4.78, 5) is 12.4. The first-order valence-corrected chi connectivity index (χ1v) is 4.93. The van der Waals surface area contributed by atoms with Gasteiger partial charge in [0.15, 0.2) is 6.61 Å². The van der Waals surface area contributed by atoms with Gasteiger partial charge in [0.25, 0.3) is 0 Å². The molecular formula is C10H12F3NO3. The molecule has 0 atom stereocenters. The van der Waals surface area contributed by atoms with E-state index in [0.29, 0.717) is 5.76 Å². The molecule has 17 heavy (non-hydrogen) atoms. The lowest BCUT2D eigenvalue weighted by Gasteiger charge is -2.19. The second-order valence-electron chi connectivity index (χ2n) is 3.26. The van der Waals surface area contributed by atoms with Gasteiger partial charge in [0.1, 0.15) is 5.76 Å². The van der Waals surface area contributed by atoms with Crippen molar-refractivity contribution in [2.45, 2.75) is 19.6 Å². The Labute approximate surface area is 95.9 Å². The summed E-state index contributed by atoms with van der Waals surface area (Å²) in [6, 6.07) is 3.25. The first-order valence-electron chi connectivity index (χ1n) is 4.93. The van der Waals surface area contributed by atoms with Gasteiger partial charge < -0.3 is 14.1 Å². The number of nitrogens with zero attached hydrogens (tertiary/aromatic N) is 1. The van der Waals surface area contributed by atoms with Crippen molar-refractivity contribution in [3.05, 3.63) is 24.2 Å². The summed E-state index contributed by atoms with van der Waals surface area (Å²) in [5.74, 6) is 0.482. The predicted octanol–water partition coefficient (Wildman–Crippen LogP) is 2.80. The molecule has 0 saturated carbocycles. The molecule has 0 N–H and O–H groups in total. The van der Waals surface area contributed by atoms with Crippen LogP contribution < -0.4 is 0 Å². The van der Waals surface area contributed by atoms with Crippen LogP contribution in [-0.2, 0) is 11.3 Å². The highest BCUT2D eigenvalue weighted by atomic mass is 19.4. The van der Waals surface area contributed by atoms with Crippen molar-refractivity contribution in [1.82, 2.24) is 4.90 Å². The smallest absolute Gasteiger partial charge is 0.422 e. The molecule has 7 heteroatoms. The van der Waals surface area contributed by atoms with Crippen molar-refractivity contribution in [1.29, 1.82) is 0 Å². The minimum absolute atomic E-state index is 0.0835. The van der Waals surface area contributed by atoms with E-state index < -0.39 is 18.9 Å². The van der Waals surface area contributed by atoms with E-state index in [9.17, 15) is 18.0 Å². The number of carbonyl (C=O) groups excluding carboxylic acids is 1. The molecule has 0 radical (unpaired) electrons. The van der Waals surface area contributed by atoms with Gasteiger partial charge in [-0.05, 0) is 19.1 Å². The highest BCUT2D eigenvalue weighted by Gasteiger charge is 2.30. The summed E-state index contributed by atoms with van der Waals surface area (Å²) < 4.78 is 44.7. The van der Waals surface area contributed by atoms with E-state index in [1.54, 1.807) is 19.1 Å². The maximum atomic E-state index is 11.8. The van der Waals surface area contributed by atoms with E-state index in [1.807, 2.05) is 0 Å². The van der Waals surface area contributed by atoms with E-state index in [-0.39, 0.29) is 13.1 Å². The maximum Gasteiger partial charge on any atom is 0.422 e. The molecule has 0 unspecified atom stereocenters. The third kappa shape index (κ3) is 4.80. The van der Waals surface area contributed by atoms with Crippen LogP contribution >= 0.6 is 0 Å². The molecule has 0 saturated heterocycles. The predicted molar refractivity (Wildman–Crippen MR) is 52.2 cm³/mol. The Morgan fingerprint density at radius 3 is 2.71 bits per heavy atom. The fourth-order valence-electron chi connectivity index (χ4n) is 1.13. The van der Waals surface area contributed by atoms with Crippen LogP contribution in [0.3, 0.4) is 0 Å². The van der Waals surface area contributed by atoms with Crippen molar-refractivity contribution in [2.75, 3.05) is 13.2 Å². The van der Waals surface area contributed by atoms with E-state index in [4.69, 9.17) is 4.42 Å². The Morgan fingerprint density at radius 1 is 1.53 bits per heavy atom. The summed E-state index contributed by atoms with van der Waals surface area (Å²) in [6.07, 6.45) is -4.11. The number of rotatable bonds is 4.